The van der Waals surface area contributed by atoms with E-state index in [2.05, 4.69) is 14.4 Å². The van der Waals surface area contributed by atoms with Gasteiger partial charge in [0.05, 0.1) is 48.2 Å². The highest BCUT2D eigenvalue weighted by molar-refractivity contribution is 7.89. The van der Waals surface area contributed by atoms with E-state index in [1.54, 1.807) is 0 Å². The fourth-order valence-corrected chi connectivity index (χ4v) is 5.44. The number of fused-ring (bicyclic) bond motifs is 2. The largest absolute Gasteiger partial charge is 0.573 e. The summed E-state index contributed by atoms with van der Waals surface area (Å²) in [5.41, 5.74) is 0.273. The molecule has 9 nitrogen and oxygen atoms in total. The number of nitrogens with one attached hydrogen (secondary N) is 1. The van der Waals surface area contributed by atoms with E-state index in [1.165, 1.54) is 11.0 Å². The predicted molar refractivity (Wildman–Crippen MR) is 121 cm³/mol. The third-order valence-electron chi connectivity index (χ3n) is 5.83. The first kappa shape index (κ1) is 26.1. The maximum atomic E-state index is 13.9. The molecule has 0 spiro atoms. The molecule has 0 saturated carbocycles. The average Bonchev–Trinajstić information content (AvgIpc) is 2.83. The van der Waals surface area contributed by atoms with Crippen LogP contribution in [0.25, 0.3) is 0 Å². The van der Waals surface area contributed by atoms with E-state index in [0.29, 0.717) is 0 Å². The van der Waals surface area contributed by atoms with Gasteiger partial charge in [0.25, 0.3) is 0 Å². The van der Waals surface area contributed by atoms with Crippen LogP contribution in [0, 0.1) is 11.6 Å². The van der Waals surface area contributed by atoms with Gasteiger partial charge in [0, 0.05) is 12.1 Å². The van der Waals surface area contributed by atoms with E-state index in [1.807, 2.05) is 0 Å². The van der Waals surface area contributed by atoms with Gasteiger partial charge in [-0.1, -0.05) is 0 Å². The van der Waals surface area contributed by atoms with Gasteiger partial charge in [-0.15, -0.1) is 13.2 Å². The SMILES string of the molecule is O=S(=O)(N[C@@H]1COC[C@H](N2c3ccc(F)cc3Oc3cc(F)cnc32)[C@H]1O)c1ccc(OC(F)(F)F)cc1. The average molecular weight is 559 g/mol. The minimum atomic E-state index is -4.94. The van der Waals surface area contributed by atoms with Crippen LogP contribution < -0.4 is 19.1 Å². The zero-order valence-corrected chi connectivity index (χ0v) is 19.8. The molecule has 1 fully saturated rings. The minimum Gasteiger partial charge on any atom is -0.451 e. The van der Waals surface area contributed by atoms with E-state index in [0.717, 1.165) is 48.7 Å². The van der Waals surface area contributed by atoms with Crippen molar-refractivity contribution >= 4 is 21.5 Å². The number of benzene rings is 2. The van der Waals surface area contributed by atoms with Gasteiger partial charge in [0.2, 0.25) is 10.0 Å². The van der Waals surface area contributed by atoms with Gasteiger partial charge in [-0.3, -0.25) is 0 Å². The Morgan fingerprint density at radius 2 is 1.74 bits per heavy atom. The summed E-state index contributed by atoms with van der Waals surface area (Å²) >= 11 is 0. The smallest absolute Gasteiger partial charge is 0.451 e. The number of pyridine rings is 1. The molecule has 3 heterocycles. The molecule has 5 rings (SSSR count). The van der Waals surface area contributed by atoms with Crippen LogP contribution in [-0.4, -0.2) is 56.3 Å². The number of ether oxygens (including phenoxy) is 3. The monoisotopic (exact) mass is 559 g/mol. The molecule has 15 heteroatoms. The summed E-state index contributed by atoms with van der Waals surface area (Å²) in [6, 6.07) is 5.93. The molecule has 2 aromatic carbocycles. The van der Waals surface area contributed by atoms with Gasteiger partial charge in [-0.25, -0.2) is 26.9 Å². The number of hydrogen-bond donors (Lipinski definition) is 2. The Kier molecular flexibility index (Phi) is 6.63. The van der Waals surface area contributed by atoms with Crippen LogP contribution in [0.3, 0.4) is 0 Å². The first-order valence-corrected chi connectivity index (χ1v) is 12.5. The highest BCUT2D eigenvalue weighted by Crippen LogP contribution is 2.47. The number of alkyl halides is 3. The standard InChI is InChI=1S/C23H18F5N3O6S/c24-12-1-6-17-19(7-12)36-20-8-13(25)9-29-22(20)31(17)18-11-35-10-16(21(18)32)30-38(33,34)15-4-2-14(3-5-15)37-23(26,27)28/h1-9,16,18,21,30,32H,10-11H2/t16-,18+,21+/m1/s1. The molecule has 2 N–H and O–H groups in total. The third-order valence-corrected chi connectivity index (χ3v) is 7.33. The van der Waals surface area contributed by atoms with Gasteiger partial charge in [0.1, 0.15) is 17.4 Å². The Bertz CT molecular complexity index is 1400. The van der Waals surface area contributed by atoms with Gasteiger partial charge in [-0.2, -0.15) is 0 Å². The number of nitrogens with zero attached hydrogens (tertiary/aromatic N) is 2. The fraction of sp³-hybridized carbons (Fsp3) is 0.261. The maximum Gasteiger partial charge on any atom is 0.573 e. The summed E-state index contributed by atoms with van der Waals surface area (Å²) in [6.45, 7) is -0.353. The van der Waals surface area contributed by atoms with E-state index >= 15 is 0 Å². The normalized spacial score (nSPS) is 21.3. The summed E-state index contributed by atoms with van der Waals surface area (Å²) < 4.78 is 108. The highest BCUT2D eigenvalue weighted by atomic mass is 32.2. The number of anilines is 2. The van der Waals surface area contributed by atoms with Crippen molar-refractivity contribution in [1.82, 2.24) is 9.71 Å². The lowest BCUT2D eigenvalue weighted by Crippen LogP contribution is -2.60. The van der Waals surface area contributed by atoms with Crippen LogP contribution in [0.4, 0.5) is 33.5 Å². The molecule has 0 bridgehead atoms. The Balaban J connectivity index is 1.42. The Morgan fingerprint density at radius 1 is 1.03 bits per heavy atom. The maximum absolute atomic E-state index is 13.9. The number of aromatic nitrogens is 1. The lowest BCUT2D eigenvalue weighted by atomic mass is 9.99. The predicted octanol–water partition coefficient (Wildman–Crippen LogP) is 3.61. The second kappa shape index (κ2) is 9.65. The van der Waals surface area contributed by atoms with Gasteiger partial charge in [-0.05, 0) is 36.4 Å². The minimum absolute atomic E-state index is 0.0148. The van der Waals surface area contributed by atoms with Crippen LogP contribution in [0.5, 0.6) is 17.2 Å². The molecular weight excluding hydrogens is 541 g/mol. The van der Waals surface area contributed by atoms with Gasteiger partial charge in [0.15, 0.2) is 17.3 Å². The zero-order chi connectivity index (χ0) is 27.2. The zero-order valence-electron chi connectivity index (χ0n) is 19.0. The van der Waals surface area contributed by atoms with Crippen molar-refractivity contribution in [2.24, 2.45) is 0 Å². The fourth-order valence-electron chi connectivity index (χ4n) is 4.21. The van der Waals surface area contributed by atoms with Crippen LogP contribution in [0.2, 0.25) is 0 Å². The molecule has 0 unspecified atom stereocenters. The van der Waals surface area contributed by atoms with Crippen molar-refractivity contribution in [3.63, 3.8) is 0 Å². The van der Waals surface area contributed by atoms with Crippen molar-refractivity contribution in [3.05, 3.63) is 66.4 Å². The summed E-state index contributed by atoms with van der Waals surface area (Å²) in [7, 11) is -4.32. The molecule has 2 aliphatic heterocycles. The lowest BCUT2D eigenvalue weighted by Gasteiger charge is -2.43. The third kappa shape index (κ3) is 5.22. The molecule has 0 aliphatic carbocycles. The lowest BCUT2D eigenvalue weighted by molar-refractivity contribution is -0.274. The van der Waals surface area contributed by atoms with Crippen LogP contribution >= 0.6 is 0 Å². The van der Waals surface area contributed by atoms with Gasteiger partial charge >= 0.3 is 6.36 Å². The van der Waals surface area contributed by atoms with Crippen molar-refractivity contribution in [3.8, 4) is 17.2 Å². The topological polar surface area (TPSA) is 110 Å². The number of hydrogen-bond acceptors (Lipinski definition) is 8. The number of aliphatic hydroxyl groups is 1. The second-order valence-electron chi connectivity index (χ2n) is 8.40. The molecule has 2 aliphatic rings. The Labute approximate surface area is 212 Å². The second-order valence-corrected chi connectivity index (χ2v) is 10.1. The molecule has 3 atom stereocenters. The highest BCUT2D eigenvalue weighted by Gasteiger charge is 2.42. The Hall–Kier alpha value is -3.53. The first-order valence-electron chi connectivity index (χ1n) is 11.0. The Morgan fingerprint density at radius 3 is 2.45 bits per heavy atom. The summed E-state index contributed by atoms with van der Waals surface area (Å²) in [5.74, 6) is -1.92. The van der Waals surface area contributed by atoms with Gasteiger partial charge < -0.3 is 24.2 Å². The number of sulfonamides is 1. The molecule has 1 aromatic heterocycles. The quantitative estimate of drug-likeness (QED) is 0.457. The number of rotatable bonds is 5. The van der Waals surface area contributed by atoms with Crippen LogP contribution in [0.1, 0.15) is 0 Å². The molecule has 38 heavy (non-hydrogen) atoms. The van der Waals surface area contributed by atoms with Crippen LogP contribution in [0.15, 0.2) is 59.6 Å². The van der Waals surface area contributed by atoms with Crippen molar-refractivity contribution < 1.29 is 49.7 Å². The summed E-state index contributed by atoms with van der Waals surface area (Å²) in [5, 5.41) is 11.2. The molecule has 1 saturated heterocycles. The van der Waals surface area contributed by atoms with E-state index in [9.17, 15) is 35.5 Å². The number of halogens is 5. The first-order chi connectivity index (χ1) is 17.9. The van der Waals surface area contributed by atoms with Crippen LogP contribution in [-0.2, 0) is 14.8 Å². The number of aliphatic hydroxyl groups excluding tert-OH is 1. The molecule has 0 amide bonds. The summed E-state index contributed by atoms with van der Waals surface area (Å²) in [6.07, 6.45) is -5.45. The molecule has 3 aromatic rings. The molecule has 0 radical (unpaired) electrons. The van der Waals surface area contributed by atoms with E-state index < -0.39 is 52.0 Å². The van der Waals surface area contributed by atoms with Crippen molar-refractivity contribution in [2.45, 2.75) is 29.4 Å². The molecular formula is C23H18F5N3O6S. The summed E-state index contributed by atoms with van der Waals surface area (Å²) in [4.78, 5) is 5.11. The molecule has 202 valence electrons. The van der Waals surface area contributed by atoms with Crippen molar-refractivity contribution in [2.75, 3.05) is 18.1 Å². The van der Waals surface area contributed by atoms with Crippen molar-refractivity contribution in [1.29, 1.82) is 0 Å². The van der Waals surface area contributed by atoms with E-state index in [-0.39, 0.29) is 41.1 Å². The van der Waals surface area contributed by atoms with E-state index in [4.69, 9.17) is 9.47 Å².